The summed E-state index contributed by atoms with van der Waals surface area (Å²) in [5, 5.41) is 21.3. The molecule has 0 radical (unpaired) electrons. The number of aliphatic carboxylic acids is 1. The van der Waals surface area contributed by atoms with E-state index in [9.17, 15) is 9.90 Å². The van der Waals surface area contributed by atoms with E-state index in [0.717, 1.165) is 18.4 Å². The molecule has 0 bridgehead atoms. The molecular weight excluding hydrogens is 398 g/mol. The number of likely N-dealkylation sites (N-methyl/N-ethyl adjacent to an activating group) is 1. The summed E-state index contributed by atoms with van der Waals surface area (Å²) in [5.74, 6) is -0.653. The second kappa shape index (κ2) is 22.8. The van der Waals surface area contributed by atoms with Gasteiger partial charge in [0.25, 0.3) is 0 Å². The summed E-state index contributed by atoms with van der Waals surface area (Å²) in [6, 6.07) is 9.76. The van der Waals surface area contributed by atoms with Crippen molar-refractivity contribution in [1.82, 2.24) is 5.32 Å². The van der Waals surface area contributed by atoms with Crippen molar-refractivity contribution in [2.75, 3.05) is 7.05 Å². The molecular formula is C28H51NO3. The van der Waals surface area contributed by atoms with Gasteiger partial charge in [-0.15, -0.1) is 0 Å². The average molecular weight is 450 g/mol. The molecule has 0 saturated carbocycles. The first-order valence-corrected chi connectivity index (χ1v) is 13.1. The minimum Gasteiger partial charge on any atom is -0.481 e. The zero-order valence-corrected chi connectivity index (χ0v) is 21.2. The van der Waals surface area contributed by atoms with Gasteiger partial charge in [0.2, 0.25) is 0 Å². The van der Waals surface area contributed by atoms with Crippen LogP contribution in [-0.2, 0) is 4.79 Å². The lowest BCUT2D eigenvalue weighted by Gasteiger charge is -2.17. The largest absolute Gasteiger partial charge is 0.481 e. The third kappa shape index (κ3) is 19.3. The summed E-state index contributed by atoms with van der Waals surface area (Å²) in [6.07, 6.45) is 19.8. The Labute approximate surface area is 198 Å². The molecule has 0 amide bonds. The first kappa shape index (κ1) is 30.6. The van der Waals surface area contributed by atoms with Gasteiger partial charge in [-0.1, -0.05) is 127 Å². The lowest BCUT2D eigenvalue weighted by atomic mass is 10.0. The Balaban J connectivity index is 0.000000677. The second-order valence-electron chi connectivity index (χ2n) is 9.03. The van der Waals surface area contributed by atoms with E-state index in [4.69, 9.17) is 5.11 Å². The summed E-state index contributed by atoms with van der Waals surface area (Å²) < 4.78 is 0. The molecule has 0 saturated heterocycles. The van der Waals surface area contributed by atoms with Crippen LogP contribution in [0.1, 0.15) is 128 Å². The van der Waals surface area contributed by atoms with Crippen molar-refractivity contribution in [3.8, 4) is 0 Å². The van der Waals surface area contributed by atoms with Crippen LogP contribution in [0.4, 0.5) is 0 Å². The third-order valence-electron chi connectivity index (χ3n) is 6.06. The van der Waals surface area contributed by atoms with Gasteiger partial charge in [0.05, 0.1) is 6.10 Å². The van der Waals surface area contributed by atoms with Crippen molar-refractivity contribution >= 4 is 5.97 Å². The van der Waals surface area contributed by atoms with Gasteiger partial charge in [-0.3, -0.25) is 4.79 Å². The SMILES string of the molecule is CCCCCCCCCCCCCCCCCC(=O)O.CNC(C)C(O)c1ccccc1. The van der Waals surface area contributed by atoms with Crippen LogP contribution in [0.5, 0.6) is 0 Å². The van der Waals surface area contributed by atoms with Crippen LogP contribution >= 0.6 is 0 Å². The number of rotatable bonds is 19. The number of hydrogen-bond acceptors (Lipinski definition) is 3. The molecule has 0 fully saturated rings. The fraction of sp³-hybridized carbons (Fsp3) is 0.750. The molecule has 0 heterocycles. The number of aliphatic hydroxyl groups excluding tert-OH is 1. The average Bonchev–Trinajstić information content (AvgIpc) is 2.81. The van der Waals surface area contributed by atoms with E-state index in [1.807, 2.05) is 44.3 Å². The smallest absolute Gasteiger partial charge is 0.303 e. The zero-order valence-electron chi connectivity index (χ0n) is 21.2. The van der Waals surface area contributed by atoms with E-state index in [-0.39, 0.29) is 6.04 Å². The van der Waals surface area contributed by atoms with Gasteiger partial charge in [0, 0.05) is 12.5 Å². The van der Waals surface area contributed by atoms with Gasteiger partial charge in [0.15, 0.2) is 0 Å². The zero-order chi connectivity index (χ0) is 23.9. The van der Waals surface area contributed by atoms with Crippen molar-refractivity contribution in [2.45, 2.75) is 129 Å². The highest BCUT2D eigenvalue weighted by Crippen LogP contribution is 2.15. The predicted octanol–water partition coefficient (Wildman–Crippen LogP) is 7.66. The van der Waals surface area contributed by atoms with E-state index in [1.165, 1.54) is 83.5 Å². The molecule has 2 atom stereocenters. The minimum absolute atomic E-state index is 0.0902. The lowest BCUT2D eigenvalue weighted by Crippen LogP contribution is -2.28. The van der Waals surface area contributed by atoms with E-state index in [1.54, 1.807) is 0 Å². The predicted molar refractivity (Wildman–Crippen MR) is 137 cm³/mol. The highest BCUT2D eigenvalue weighted by molar-refractivity contribution is 5.66. The fourth-order valence-corrected chi connectivity index (χ4v) is 3.74. The molecule has 0 aliphatic heterocycles. The molecule has 32 heavy (non-hydrogen) atoms. The number of carboxylic acids is 1. The van der Waals surface area contributed by atoms with Crippen LogP contribution in [-0.4, -0.2) is 29.3 Å². The quantitative estimate of drug-likeness (QED) is 0.190. The van der Waals surface area contributed by atoms with Gasteiger partial charge < -0.3 is 15.5 Å². The summed E-state index contributed by atoms with van der Waals surface area (Å²) in [6.45, 7) is 4.23. The molecule has 186 valence electrons. The van der Waals surface area contributed by atoms with Crippen LogP contribution in [0.3, 0.4) is 0 Å². The topological polar surface area (TPSA) is 69.6 Å². The lowest BCUT2D eigenvalue weighted by molar-refractivity contribution is -0.137. The molecule has 1 rings (SSSR count). The number of carbonyl (C=O) groups is 1. The Kier molecular flexibility index (Phi) is 21.8. The first-order valence-electron chi connectivity index (χ1n) is 13.1. The van der Waals surface area contributed by atoms with Crippen molar-refractivity contribution < 1.29 is 15.0 Å². The highest BCUT2D eigenvalue weighted by Gasteiger charge is 2.12. The molecule has 0 aliphatic carbocycles. The minimum atomic E-state index is -0.653. The molecule has 0 spiro atoms. The van der Waals surface area contributed by atoms with Crippen LogP contribution in [0, 0.1) is 0 Å². The number of nitrogens with one attached hydrogen (secondary N) is 1. The maximum atomic E-state index is 10.3. The maximum Gasteiger partial charge on any atom is 0.303 e. The van der Waals surface area contributed by atoms with Gasteiger partial charge in [-0.05, 0) is 26.0 Å². The first-order chi connectivity index (χ1) is 15.5. The Morgan fingerprint density at radius 1 is 0.781 bits per heavy atom. The van der Waals surface area contributed by atoms with E-state index < -0.39 is 12.1 Å². The Morgan fingerprint density at radius 2 is 1.19 bits per heavy atom. The Morgan fingerprint density at radius 3 is 1.56 bits per heavy atom. The van der Waals surface area contributed by atoms with Gasteiger partial charge in [-0.25, -0.2) is 0 Å². The van der Waals surface area contributed by atoms with Gasteiger partial charge >= 0.3 is 5.97 Å². The number of benzene rings is 1. The molecule has 0 aliphatic rings. The van der Waals surface area contributed by atoms with Crippen LogP contribution in [0.25, 0.3) is 0 Å². The summed E-state index contributed by atoms with van der Waals surface area (Å²) >= 11 is 0. The van der Waals surface area contributed by atoms with Gasteiger partial charge in [-0.2, -0.15) is 0 Å². The number of unbranched alkanes of at least 4 members (excludes halogenated alkanes) is 14. The standard InChI is InChI=1S/C18H36O2.C10H15NO/c1-2-3-4-5-6-7-8-9-10-11-12-13-14-15-16-17-18(19)20;1-8(11-2)10(12)9-6-4-3-5-7-9/h2-17H2,1H3,(H,19,20);3-8,10-12H,1-2H3. The Bertz CT molecular complexity index is 521. The highest BCUT2D eigenvalue weighted by atomic mass is 16.4. The number of carboxylic acid groups (broad SMARTS) is 1. The van der Waals surface area contributed by atoms with E-state index >= 15 is 0 Å². The summed E-state index contributed by atoms with van der Waals surface area (Å²) in [5.41, 5.74) is 0.958. The molecule has 4 nitrogen and oxygen atoms in total. The maximum absolute atomic E-state index is 10.3. The van der Waals surface area contributed by atoms with Crippen molar-refractivity contribution in [1.29, 1.82) is 0 Å². The second-order valence-corrected chi connectivity index (χ2v) is 9.03. The molecule has 4 heteroatoms. The van der Waals surface area contributed by atoms with Crippen LogP contribution in [0.2, 0.25) is 0 Å². The fourth-order valence-electron chi connectivity index (χ4n) is 3.74. The third-order valence-corrected chi connectivity index (χ3v) is 6.06. The Hall–Kier alpha value is -1.39. The monoisotopic (exact) mass is 449 g/mol. The number of aliphatic hydroxyl groups is 1. The van der Waals surface area contributed by atoms with E-state index in [2.05, 4.69) is 12.2 Å². The van der Waals surface area contributed by atoms with Crippen molar-refractivity contribution in [2.24, 2.45) is 0 Å². The summed E-state index contributed by atoms with van der Waals surface area (Å²) in [7, 11) is 1.84. The summed E-state index contributed by atoms with van der Waals surface area (Å²) in [4.78, 5) is 10.3. The molecule has 2 unspecified atom stereocenters. The van der Waals surface area contributed by atoms with Crippen molar-refractivity contribution in [3.63, 3.8) is 0 Å². The van der Waals surface area contributed by atoms with Crippen LogP contribution in [0.15, 0.2) is 30.3 Å². The molecule has 3 N–H and O–H groups in total. The molecule has 0 aromatic heterocycles. The number of hydrogen-bond donors (Lipinski definition) is 3. The molecule has 1 aromatic carbocycles. The molecule has 1 aromatic rings. The van der Waals surface area contributed by atoms with Crippen LogP contribution < -0.4 is 5.32 Å². The van der Waals surface area contributed by atoms with Crippen molar-refractivity contribution in [3.05, 3.63) is 35.9 Å². The van der Waals surface area contributed by atoms with Gasteiger partial charge in [0.1, 0.15) is 0 Å². The normalized spacial score (nSPS) is 12.6. The van der Waals surface area contributed by atoms with E-state index in [0.29, 0.717) is 6.42 Å².